The van der Waals surface area contributed by atoms with Crippen LogP contribution in [0.4, 0.5) is 18.0 Å². The Morgan fingerprint density at radius 2 is 1.90 bits per heavy atom. The zero-order chi connectivity index (χ0) is 21.4. The summed E-state index contributed by atoms with van der Waals surface area (Å²) in [5.74, 6) is -2.69. The van der Waals surface area contributed by atoms with Crippen LogP contribution in [0.25, 0.3) is 0 Å². The zero-order valence-corrected chi connectivity index (χ0v) is 15.7. The van der Waals surface area contributed by atoms with Gasteiger partial charge in [-0.3, -0.25) is 4.79 Å². The molecule has 0 radical (unpaired) electrons. The van der Waals surface area contributed by atoms with Gasteiger partial charge in [0, 0.05) is 13.3 Å². The minimum atomic E-state index is -4.74. The van der Waals surface area contributed by atoms with E-state index in [1.165, 1.54) is 6.92 Å². The number of rotatable bonds is 8. The second-order valence-corrected chi connectivity index (χ2v) is 6.31. The van der Waals surface area contributed by atoms with Gasteiger partial charge in [-0.05, 0) is 11.5 Å². The van der Waals surface area contributed by atoms with Gasteiger partial charge in [0.2, 0.25) is 0 Å². The quantitative estimate of drug-likeness (QED) is 0.661. The molecule has 11 heteroatoms. The molecule has 0 aliphatic heterocycles. The molecule has 1 aromatic carbocycles. The molecule has 1 N–H and O–H groups in total. The van der Waals surface area contributed by atoms with Crippen LogP contribution in [0.15, 0.2) is 34.9 Å². The molecule has 8 nitrogen and oxygen atoms in total. The summed E-state index contributed by atoms with van der Waals surface area (Å²) >= 11 is 0. The molecule has 2 rings (SSSR count). The topological polar surface area (TPSA) is 104 Å². The van der Waals surface area contributed by atoms with Crippen LogP contribution >= 0.6 is 0 Å². The molecule has 1 heterocycles. The highest BCUT2D eigenvalue weighted by Gasteiger charge is 2.38. The van der Waals surface area contributed by atoms with Crippen molar-refractivity contribution in [2.45, 2.75) is 39.1 Å². The molecular formula is C18H20F3N3O5. The second-order valence-electron chi connectivity index (χ2n) is 6.31. The van der Waals surface area contributed by atoms with Crippen LogP contribution in [-0.2, 0) is 33.5 Å². The number of halogens is 3. The van der Waals surface area contributed by atoms with Crippen LogP contribution in [0.1, 0.15) is 31.1 Å². The van der Waals surface area contributed by atoms with Crippen molar-refractivity contribution in [2.75, 3.05) is 6.61 Å². The largest absolute Gasteiger partial charge is 0.471 e. The summed E-state index contributed by atoms with van der Waals surface area (Å²) in [6.45, 7) is 2.67. The molecule has 1 aromatic heterocycles. The average Bonchev–Trinajstić information content (AvgIpc) is 3.13. The zero-order valence-electron chi connectivity index (χ0n) is 15.7. The third-order valence-electron chi connectivity index (χ3n) is 3.88. The number of ether oxygens (including phenoxy) is 2. The van der Waals surface area contributed by atoms with E-state index in [4.69, 9.17) is 9.47 Å². The highest BCUT2D eigenvalue weighted by atomic mass is 19.4. The number of alkyl halides is 3. The van der Waals surface area contributed by atoms with Crippen LogP contribution in [0, 0.1) is 5.92 Å². The van der Waals surface area contributed by atoms with Crippen molar-refractivity contribution < 1.29 is 36.8 Å². The van der Waals surface area contributed by atoms with Crippen molar-refractivity contribution in [3.63, 3.8) is 0 Å². The number of hydrogen-bond acceptors (Lipinski definition) is 7. The summed E-state index contributed by atoms with van der Waals surface area (Å²) < 4.78 is 52.0. The number of alkyl carbamates (subject to hydrolysis) is 1. The smallest absolute Gasteiger partial charge is 0.464 e. The Labute approximate surface area is 164 Å². The van der Waals surface area contributed by atoms with Crippen LogP contribution in [0.5, 0.6) is 0 Å². The first-order chi connectivity index (χ1) is 13.6. The molecule has 0 saturated carbocycles. The molecule has 29 heavy (non-hydrogen) atoms. The van der Waals surface area contributed by atoms with Crippen molar-refractivity contribution in [1.82, 2.24) is 15.5 Å². The van der Waals surface area contributed by atoms with Gasteiger partial charge in [-0.25, -0.2) is 4.79 Å². The Hall–Kier alpha value is -3.11. The third kappa shape index (κ3) is 7.43. The summed E-state index contributed by atoms with van der Waals surface area (Å²) in [4.78, 5) is 26.5. The minimum absolute atomic E-state index is 0.0289. The molecule has 2 aromatic rings. The van der Waals surface area contributed by atoms with Crippen LogP contribution in [0.2, 0.25) is 0 Å². The molecule has 1 amide bonds. The number of benzene rings is 1. The highest BCUT2D eigenvalue weighted by molar-refractivity contribution is 5.68. The number of hydrogen-bond donors (Lipinski definition) is 1. The van der Waals surface area contributed by atoms with E-state index in [-0.39, 0.29) is 25.5 Å². The number of aromatic nitrogens is 2. The summed E-state index contributed by atoms with van der Waals surface area (Å²) in [6, 6.07) is 8.23. The van der Waals surface area contributed by atoms with Crippen molar-refractivity contribution in [3.05, 3.63) is 47.6 Å². The molecule has 0 aliphatic carbocycles. The monoisotopic (exact) mass is 415 g/mol. The van der Waals surface area contributed by atoms with Gasteiger partial charge >= 0.3 is 24.1 Å². The molecule has 0 fully saturated rings. The van der Waals surface area contributed by atoms with Gasteiger partial charge in [-0.15, -0.1) is 0 Å². The first-order valence-corrected chi connectivity index (χ1v) is 8.65. The number of carbonyl (C=O) groups is 2. The van der Waals surface area contributed by atoms with Crippen LogP contribution < -0.4 is 5.32 Å². The Bertz CT molecular complexity index is 811. The maximum Gasteiger partial charge on any atom is 0.471 e. The first-order valence-electron chi connectivity index (χ1n) is 8.65. The molecule has 0 spiro atoms. The summed E-state index contributed by atoms with van der Waals surface area (Å²) in [5.41, 5.74) is 0.777. The Morgan fingerprint density at radius 1 is 1.21 bits per heavy atom. The van der Waals surface area contributed by atoms with Gasteiger partial charge in [-0.1, -0.05) is 42.4 Å². The summed E-state index contributed by atoms with van der Waals surface area (Å²) in [5, 5.41) is 5.85. The van der Waals surface area contributed by atoms with Gasteiger partial charge in [0.1, 0.15) is 13.2 Å². The normalized spacial score (nSPS) is 13.4. The van der Waals surface area contributed by atoms with E-state index in [0.717, 1.165) is 5.56 Å². The van der Waals surface area contributed by atoms with E-state index in [2.05, 4.69) is 20.0 Å². The fourth-order valence-electron chi connectivity index (χ4n) is 2.35. The SMILES string of the molecule is CC(=O)OCC(NC(=O)OCc1ccccc1)C(C)Cc1noc(C(F)(F)F)n1. The average molecular weight is 415 g/mol. The predicted octanol–water partition coefficient (Wildman–Crippen LogP) is 3.13. The van der Waals surface area contributed by atoms with Gasteiger partial charge < -0.3 is 19.3 Å². The predicted molar refractivity (Wildman–Crippen MR) is 92.4 cm³/mol. The van der Waals surface area contributed by atoms with E-state index in [1.807, 2.05) is 6.07 Å². The lowest BCUT2D eigenvalue weighted by atomic mass is 9.98. The highest BCUT2D eigenvalue weighted by Crippen LogP contribution is 2.27. The fourth-order valence-corrected chi connectivity index (χ4v) is 2.35. The van der Waals surface area contributed by atoms with Gasteiger partial charge in [0.25, 0.3) is 0 Å². The molecule has 0 saturated heterocycles. The Morgan fingerprint density at radius 3 is 2.48 bits per heavy atom. The number of esters is 1. The lowest BCUT2D eigenvalue weighted by molar-refractivity contribution is -0.159. The molecule has 2 unspecified atom stereocenters. The molecule has 0 aliphatic rings. The van der Waals surface area contributed by atoms with Crippen molar-refractivity contribution in [1.29, 1.82) is 0 Å². The number of nitrogens with one attached hydrogen (secondary N) is 1. The van der Waals surface area contributed by atoms with E-state index in [0.29, 0.717) is 0 Å². The van der Waals surface area contributed by atoms with E-state index in [1.54, 1.807) is 31.2 Å². The third-order valence-corrected chi connectivity index (χ3v) is 3.88. The Kier molecular flexibility index (Phi) is 7.57. The van der Waals surface area contributed by atoms with Crippen LogP contribution in [-0.4, -0.2) is 34.9 Å². The van der Waals surface area contributed by atoms with Gasteiger partial charge in [0.05, 0.1) is 6.04 Å². The first kappa shape index (κ1) is 22.2. The van der Waals surface area contributed by atoms with Crippen molar-refractivity contribution >= 4 is 12.1 Å². The molecule has 2 atom stereocenters. The molecule has 0 bridgehead atoms. The van der Waals surface area contributed by atoms with E-state index in [9.17, 15) is 22.8 Å². The Balaban J connectivity index is 1.97. The molecule has 158 valence electrons. The summed E-state index contributed by atoms with van der Waals surface area (Å²) in [6.07, 6.45) is -5.56. The molecular weight excluding hydrogens is 395 g/mol. The lowest BCUT2D eigenvalue weighted by Gasteiger charge is -2.23. The number of nitrogens with zero attached hydrogens (tertiary/aromatic N) is 2. The maximum absolute atomic E-state index is 12.6. The van der Waals surface area contributed by atoms with Crippen molar-refractivity contribution in [3.8, 4) is 0 Å². The van der Waals surface area contributed by atoms with E-state index >= 15 is 0 Å². The number of amides is 1. The van der Waals surface area contributed by atoms with Gasteiger partial charge in [-0.2, -0.15) is 18.2 Å². The minimum Gasteiger partial charge on any atom is -0.464 e. The van der Waals surface area contributed by atoms with Crippen LogP contribution in [0.3, 0.4) is 0 Å². The fraction of sp³-hybridized carbons (Fsp3) is 0.444. The lowest BCUT2D eigenvalue weighted by Crippen LogP contribution is -2.44. The van der Waals surface area contributed by atoms with E-state index < -0.39 is 36.1 Å². The van der Waals surface area contributed by atoms with Crippen molar-refractivity contribution in [2.24, 2.45) is 5.92 Å². The summed E-state index contributed by atoms with van der Waals surface area (Å²) in [7, 11) is 0. The number of carbonyl (C=O) groups excluding carboxylic acids is 2. The van der Waals surface area contributed by atoms with Gasteiger partial charge in [0.15, 0.2) is 5.82 Å². The standard InChI is InChI=1S/C18H20F3N3O5/c1-11(8-15-23-16(29-24-15)18(19,20)21)14(10-27-12(2)25)22-17(26)28-9-13-6-4-3-5-7-13/h3-7,11,14H,8-10H2,1-2H3,(H,22,26). The second kappa shape index (κ2) is 9.89. The maximum atomic E-state index is 12.6.